The largest absolute Gasteiger partial charge is 0.383 e. The Kier molecular flexibility index (Phi) is 5.30. The number of anilines is 2. The highest BCUT2D eigenvalue weighted by Gasteiger charge is 2.21. The normalized spacial score (nSPS) is 14.6. The number of aromatic nitrogens is 4. The van der Waals surface area contributed by atoms with Crippen molar-refractivity contribution in [3.8, 4) is 0 Å². The van der Waals surface area contributed by atoms with E-state index in [9.17, 15) is 9.59 Å². The zero-order chi connectivity index (χ0) is 20.4. The Balaban J connectivity index is 1.52. The Labute approximate surface area is 167 Å². The van der Waals surface area contributed by atoms with Gasteiger partial charge in [0.25, 0.3) is 11.1 Å². The van der Waals surface area contributed by atoms with Crippen LogP contribution in [0, 0.1) is 0 Å². The lowest BCUT2D eigenvalue weighted by Gasteiger charge is -2.36. The third-order valence-corrected chi connectivity index (χ3v) is 5.29. The summed E-state index contributed by atoms with van der Waals surface area (Å²) < 4.78 is 8.15. The minimum Gasteiger partial charge on any atom is -0.383 e. The number of rotatable bonds is 5. The first-order valence-corrected chi connectivity index (χ1v) is 9.58. The fourth-order valence-electron chi connectivity index (χ4n) is 3.57. The van der Waals surface area contributed by atoms with Gasteiger partial charge >= 0.3 is 0 Å². The van der Waals surface area contributed by atoms with Crippen LogP contribution in [0.4, 0.5) is 11.5 Å². The number of hydrogen-bond donors (Lipinski definition) is 0. The lowest BCUT2D eigenvalue weighted by Crippen LogP contribution is -2.48. The molecule has 9 heteroatoms. The third-order valence-electron chi connectivity index (χ3n) is 5.29. The van der Waals surface area contributed by atoms with Gasteiger partial charge in [0.15, 0.2) is 5.82 Å². The zero-order valence-electron chi connectivity index (χ0n) is 16.6. The second-order valence-corrected chi connectivity index (χ2v) is 7.08. The Morgan fingerprint density at radius 1 is 1.03 bits per heavy atom. The fraction of sp³-hybridized carbons (Fsp3) is 0.400. The number of hydrogen-bond acceptors (Lipinski definition) is 7. The van der Waals surface area contributed by atoms with Gasteiger partial charge in [-0.05, 0) is 18.2 Å². The topological polar surface area (TPSA) is 85.5 Å². The minimum atomic E-state index is -0.0828. The van der Waals surface area contributed by atoms with Crippen LogP contribution in [0.15, 0.2) is 46.5 Å². The predicted molar refractivity (Wildman–Crippen MR) is 112 cm³/mol. The van der Waals surface area contributed by atoms with Gasteiger partial charge < -0.3 is 19.1 Å². The van der Waals surface area contributed by atoms with E-state index >= 15 is 0 Å². The molecular formula is C20H24N6O3. The maximum absolute atomic E-state index is 12.6. The molecule has 0 radical (unpaired) electrons. The van der Waals surface area contributed by atoms with Crippen LogP contribution < -0.4 is 20.9 Å². The molecule has 29 heavy (non-hydrogen) atoms. The van der Waals surface area contributed by atoms with Crippen molar-refractivity contribution in [3.63, 3.8) is 0 Å². The van der Waals surface area contributed by atoms with E-state index in [0.717, 1.165) is 18.8 Å². The predicted octanol–water partition coefficient (Wildman–Crippen LogP) is 0.463. The SMILES string of the molecule is COCCn1cnc2cc(N3CCN(c4nccn(C)c4=O)CC3)ccc2c1=O. The molecule has 0 spiro atoms. The molecule has 1 aliphatic rings. The van der Waals surface area contributed by atoms with Crippen LogP contribution in [0.1, 0.15) is 0 Å². The van der Waals surface area contributed by atoms with Crippen molar-refractivity contribution in [2.45, 2.75) is 6.54 Å². The standard InChI is InChI=1S/C20H24N6O3/c1-23-6-5-21-18(20(23)28)25-9-7-24(8-10-25)15-3-4-16-17(13-15)22-14-26(19(16)27)11-12-29-2/h3-6,13-14H,7-12H2,1-2H3. The Bertz CT molecular complexity index is 1130. The molecule has 1 aromatic carbocycles. The average Bonchev–Trinajstić information content (AvgIpc) is 2.75. The maximum Gasteiger partial charge on any atom is 0.293 e. The summed E-state index contributed by atoms with van der Waals surface area (Å²) in [4.78, 5) is 37.8. The van der Waals surface area contributed by atoms with Crippen molar-refractivity contribution in [2.24, 2.45) is 7.05 Å². The molecule has 0 bridgehead atoms. The summed E-state index contributed by atoms with van der Waals surface area (Å²) in [6, 6.07) is 5.75. The first kappa shape index (κ1) is 19.1. The number of ether oxygens (including phenoxy) is 1. The van der Waals surface area contributed by atoms with E-state index < -0.39 is 0 Å². The number of methoxy groups -OCH3 is 1. The van der Waals surface area contributed by atoms with Crippen LogP contribution in [-0.4, -0.2) is 59.0 Å². The van der Waals surface area contributed by atoms with E-state index in [4.69, 9.17) is 4.74 Å². The lowest BCUT2D eigenvalue weighted by atomic mass is 10.2. The highest BCUT2D eigenvalue weighted by molar-refractivity contribution is 5.81. The van der Waals surface area contributed by atoms with Crippen LogP contribution in [0.5, 0.6) is 0 Å². The molecule has 0 N–H and O–H groups in total. The lowest BCUT2D eigenvalue weighted by molar-refractivity contribution is 0.186. The second-order valence-electron chi connectivity index (χ2n) is 7.08. The summed E-state index contributed by atoms with van der Waals surface area (Å²) in [6.45, 7) is 3.88. The molecule has 1 fully saturated rings. The van der Waals surface area contributed by atoms with Crippen LogP contribution in [-0.2, 0) is 18.3 Å². The quantitative estimate of drug-likeness (QED) is 0.619. The van der Waals surface area contributed by atoms with Gasteiger partial charge in [-0.1, -0.05) is 0 Å². The van der Waals surface area contributed by atoms with Gasteiger partial charge in [0.1, 0.15) is 0 Å². The summed E-state index contributed by atoms with van der Waals surface area (Å²) in [5, 5.41) is 0.600. The van der Waals surface area contributed by atoms with Gasteiger partial charge in [0.05, 0.1) is 30.4 Å². The fourth-order valence-corrected chi connectivity index (χ4v) is 3.57. The van der Waals surface area contributed by atoms with Crippen molar-refractivity contribution in [3.05, 3.63) is 57.6 Å². The van der Waals surface area contributed by atoms with Gasteiger partial charge in [0.2, 0.25) is 0 Å². The number of nitrogens with zero attached hydrogens (tertiary/aromatic N) is 6. The Hall–Kier alpha value is -3.20. The molecule has 0 aliphatic carbocycles. The smallest absolute Gasteiger partial charge is 0.293 e. The summed E-state index contributed by atoms with van der Waals surface area (Å²) >= 11 is 0. The van der Waals surface area contributed by atoms with Crippen molar-refractivity contribution in [1.82, 2.24) is 19.1 Å². The van der Waals surface area contributed by atoms with E-state index in [1.807, 2.05) is 23.1 Å². The first-order valence-electron chi connectivity index (χ1n) is 9.58. The Morgan fingerprint density at radius 3 is 2.55 bits per heavy atom. The molecular weight excluding hydrogens is 372 g/mol. The van der Waals surface area contributed by atoms with Crippen LogP contribution in [0.25, 0.3) is 10.9 Å². The van der Waals surface area contributed by atoms with Gasteiger partial charge in [-0.2, -0.15) is 0 Å². The Morgan fingerprint density at radius 2 is 1.79 bits per heavy atom. The molecule has 3 aromatic rings. The molecule has 0 amide bonds. The molecule has 1 saturated heterocycles. The number of aryl methyl sites for hydroxylation is 1. The molecule has 152 valence electrons. The maximum atomic E-state index is 12.6. The van der Waals surface area contributed by atoms with Crippen LogP contribution >= 0.6 is 0 Å². The second kappa shape index (κ2) is 8.04. The van der Waals surface area contributed by atoms with Gasteiger partial charge in [-0.3, -0.25) is 14.2 Å². The summed E-state index contributed by atoms with van der Waals surface area (Å²) in [5.41, 5.74) is 1.56. The summed E-state index contributed by atoms with van der Waals surface area (Å²) in [5.74, 6) is 0.492. The first-order chi connectivity index (χ1) is 14.1. The number of benzene rings is 1. The molecule has 0 unspecified atom stereocenters. The van der Waals surface area contributed by atoms with E-state index in [1.165, 1.54) is 0 Å². The summed E-state index contributed by atoms with van der Waals surface area (Å²) in [7, 11) is 3.34. The van der Waals surface area contributed by atoms with Crippen LogP contribution in [0.2, 0.25) is 0 Å². The van der Waals surface area contributed by atoms with Crippen LogP contribution in [0.3, 0.4) is 0 Å². The number of fused-ring (bicyclic) bond motifs is 1. The zero-order valence-corrected chi connectivity index (χ0v) is 16.6. The number of piperazine rings is 1. The highest BCUT2D eigenvalue weighted by atomic mass is 16.5. The molecule has 9 nitrogen and oxygen atoms in total. The molecule has 0 saturated carbocycles. The molecule has 0 atom stereocenters. The molecule has 3 heterocycles. The molecule has 4 rings (SSSR count). The van der Waals surface area contributed by atoms with Gasteiger partial charge in [-0.25, -0.2) is 9.97 Å². The van der Waals surface area contributed by atoms with Gasteiger partial charge in [0, 0.05) is 58.4 Å². The summed E-state index contributed by atoms with van der Waals surface area (Å²) in [6.07, 6.45) is 4.88. The molecule has 2 aromatic heterocycles. The average molecular weight is 396 g/mol. The molecule has 1 aliphatic heterocycles. The van der Waals surface area contributed by atoms with E-state index in [1.54, 1.807) is 42.0 Å². The minimum absolute atomic E-state index is 0.0607. The van der Waals surface area contributed by atoms with Gasteiger partial charge in [-0.15, -0.1) is 0 Å². The third kappa shape index (κ3) is 3.73. The van der Waals surface area contributed by atoms with Crippen molar-refractivity contribution >= 4 is 22.4 Å². The van der Waals surface area contributed by atoms with Crippen molar-refractivity contribution < 1.29 is 4.74 Å². The van der Waals surface area contributed by atoms with E-state index in [0.29, 0.717) is 43.0 Å². The van der Waals surface area contributed by atoms with E-state index in [2.05, 4.69) is 14.9 Å². The van der Waals surface area contributed by atoms with Crippen molar-refractivity contribution in [2.75, 3.05) is 49.7 Å². The highest BCUT2D eigenvalue weighted by Crippen LogP contribution is 2.21. The van der Waals surface area contributed by atoms with E-state index in [-0.39, 0.29) is 11.1 Å². The monoisotopic (exact) mass is 396 g/mol. The van der Waals surface area contributed by atoms with Crippen molar-refractivity contribution in [1.29, 1.82) is 0 Å².